The molecule has 0 aliphatic rings. The van der Waals surface area contributed by atoms with Gasteiger partial charge >= 0.3 is 0 Å². The molecule has 0 atom stereocenters. The van der Waals surface area contributed by atoms with Crippen LogP contribution < -0.4 is 4.90 Å². The summed E-state index contributed by atoms with van der Waals surface area (Å²) < 4.78 is 14.2. The largest absolute Gasteiger partial charge is 0.308 e. The third-order valence-electron chi connectivity index (χ3n) is 4.23. The molecule has 1 heterocycles. The molecular formula is C22H18BrFN2O2. The van der Waals surface area contributed by atoms with Gasteiger partial charge in [0.1, 0.15) is 5.82 Å². The second kappa shape index (κ2) is 9.37. The Balaban J connectivity index is 1.73. The number of hydrogen-bond donors (Lipinski definition) is 0. The maximum Gasteiger partial charge on any atom is 0.227 e. The van der Waals surface area contributed by atoms with E-state index >= 15 is 0 Å². The van der Waals surface area contributed by atoms with E-state index in [9.17, 15) is 14.0 Å². The van der Waals surface area contributed by atoms with Crippen LogP contribution >= 0.6 is 15.9 Å². The van der Waals surface area contributed by atoms with E-state index in [2.05, 4.69) is 20.9 Å². The number of carbonyl (C=O) groups is 2. The number of Topliss-reactive ketones (excluding diaryl/α,β-unsaturated/α-hetero) is 1. The number of aromatic nitrogens is 1. The van der Waals surface area contributed by atoms with Crippen LogP contribution in [-0.2, 0) is 11.3 Å². The molecule has 3 rings (SSSR count). The fraction of sp³-hybridized carbons (Fsp3) is 0.136. The van der Waals surface area contributed by atoms with Gasteiger partial charge in [-0.05, 0) is 48.0 Å². The smallest absolute Gasteiger partial charge is 0.227 e. The van der Waals surface area contributed by atoms with Crippen molar-refractivity contribution in [2.24, 2.45) is 0 Å². The molecule has 2 aromatic carbocycles. The van der Waals surface area contributed by atoms with E-state index in [0.29, 0.717) is 17.8 Å². The Labute approximate surface area is 171 Å². The SMILES string of the molecule is O=C(CCC(=O)N(Cc1cccnc1)c1ccc(F)cc1)c1ccc(Br)cc1. The molecule has 0 saturated heterocycles. The summed E-state index contributed by atoms with van der Waals surface area (Å²) in [6.45, 7) is 0.296. The van der Waals surface area contributed by atoms with Gasteiger partial charge in [-0.25, -0.2) is 4.39 Å². The molecule has 6 heteroatoms. The van der Waals surface area contributed by atoms with Crippen LogP contribution in [0.5, 0.6) is 0 Å². The molecule has 1 amide bonds. The predicted molar refractivity (Wildman–Crippen MR) is 110 cm³/mol. The fourth-order valence-corrected chi connectivity index (χ4v) is 3.02. The summed E-state index contributed by atoms with van der Waals surface area (Å²) in [5, 5.41) is 0. The zero-order chi connectivity index (χ0) is 19.9. The number of halogens is 2. The second-order valence-electron chi connectivity index (χ2n) is 6.25. The van der Waals surface area contributed by atoms with Crippen LogP contribution in [-0.4, -0.2) is 16.7 Å². The van der Waals surface area contributed by atoms with Crippen LogP contribution in [0.3, 0.4) is 0 Å². The summed E-state index contributed by atoms with van der Waals surface area (Å²) in [6, 6.07) is 16.4. The molecule has 0 N–H and O–H groups in total. The van der Waals surface area contributed by atoms with Crippen LogP contribution in [0.4, 0.5) is 10.1 Å². The molecule has 0 spiro atoms. The van der Waals surface area contributed by atoms with Crippen molar-refractivity contribution in [3.8, 4) is 0 Å². The molecule has 0 unspecified atom stereocenters. The zero-order valence-electron chi connectivity index (χ0n) is 15.0. The normalized spacial score (nSPS) is 10.5. The lowest BCUT2D eigenvalue weighted by Gasteiger charge is -2.23. The van der Waals surface area contributed by atoms with Crippen molar-refractivity contribution >= 4 is 33.3 Å². The summed E-state index contributed by atoms with van der Waals surface area (Å²) in [6.07, 6.45) is 3.50. The fourth-order valence-electron chi connectivity index (χ4n) is 2.75. The first-order valence-corrected chi connectivity index (χ1v) is 9.56. The molecule has 142 valence electrons. The molecule has 0 bridgehead atoms. The first-order valence-electron chi connectivity index (χ1n) is 8.76. The molecule has 3 aromatic rings. The molecule has 0 fully saturated rings. The van der Waals surface area contributed by atoms with E-state index in [1.54, 1.807) is 59.8 Å². The van der Waals surface area contributed by atoms with Gasteiger partial charge in [-0.3, -0.25) is 14.6 Å². The zero-order valence-corrected chi connectivity index (χ0v) is 16.6. The molecule has 1 aromatic heterocycles. The second-order valence-corrected chi connectivity index (χ2v) is 7.16. The summed E-state index contributed by atoms with van der Waals surface area (Å²) in [4.78, 5) is 30.9. The third kappa shape index (κ3) is 5.33. The summed E-state index contributed by atoms with van der Waals surface area (Å²) in [7, 11) is 0. The van der Waals surface area contributed by atoms with Crippen LogP contribution in [0, 0.1) is 5.82 Å². The van der Waals surface area contributed by atoms with Gasteiger partial charge < -0.3 is 4.90 Å². The van der Waals surface area contributed by atoms with Crippen LogP contribution in [0.1, 0.15) is 28.8 Å². The summed E-state index contributed by atoms with van der Waals surface area (Å²) in [5.41, 5.74) is 1.99. The molecule has 0 aliphatic carbocycles. The van der Waals surface area contributed by atoms with Crippen LogP contribution in [0.25, 0.3) is 0 Å². The number of pyridine rings is 1. The number of benzene rings is 2. The molecule has 0 aliphatic heterocycles. The van der Waals surface area contributed by atoms with E-state index in [1.165, 1.54) is 12.1 Å². The standard InChI is InChI=1S/C22H18BrFN2O2/c23-18-5-3-17(4-6-18)21(27)11-12-22(28)26(15-16-2-1-13-25-14-16)20-9-7-19(24)8-10-20/h1-10,13-14H,11-12,15H2. The van der Waals surface area contributed by atoms with Crippen molar-refractivity contribution in [1.82, 2.24) is 4.98 Å². The van der Waals surface area contributed by atoms with Crippen molar-refractivity contribution < 1.29 is 14.0 Å². The topological polar surface area (TPSA) is 50.3 Å². The first kappa shape index (κ1) is 19.9. The number of rotatable bonds is 7. The Kier molecular flexibility index (Phi) is 6.66. The summed E-state index contributed by atoms with van der Waals surface area (Å²) >= 11 is 3.33. The number of hydrogen-bond acceptors (Lipinski definition) is 3. The van der Waals surface area contributed by atoms with Gasteiger partial charge in [-0.1, -0.05) is 34.1 Å². The Hall–Kier alpha value is -2.86. The quantitative estimate of drug-likeness (QED) is 0.475. The number of nitrogens with zero attached hydrogens (tertiary/aromatic N) is 2. The van der Waals surface area contributed by atoms with E-state index in [1.807, 2.05) is 6.07 Å². The number of amides is 1. The maximum absolute atomic E-state index is 13.3. The molecule has 0 radical (unpaired) electrons. The maximum atomic E-state index is 13.3. The highest BCUT2D eigenvalue weighted by molar-refractivity contribution is 9.10. The Morgan fingerprint density at radius 2 is 1.68 bits per heavy atom. The average molecular weight is 441 g/mol. The Morgan fingerprint density at radius 1 is 0.964 bits per heavy atom. The van der Waals surface area contributed by atoms with E-state index < -0.39 is 0 Å². The van der Waals surface area contributed by atoms with Gasteiger partial charge in [0, 0.05) is 41.0 Å². The lowest BCUT2D eigenvalue weighted by atomic mass is 10.1. The molecule has 4 nitrogen and oxygen atoms in total. The first-order chi connectivity index (χ1) is 13.5. The van der Waals surface area contributed by atoms with Crippen molar-refractivity contribution in [2.75, 3.05) is 4.90 Å². The number of anilines is 1. The predicted octanol–water partition coefficient (Wildman–Crippen LogP) is 5.18. The molecule has 28 heavy (non-hydrogen) atoms. The Morgan fingerprint density at radius 3 is 2.32 bits per heavy atom. The minimum absolute atomic E-state index is 0.0620. The third-order valence-corrected chi connectivity index (χ3v) is 4.76. The summed E-state index contributed by atoms with van der Waals surface area (Å²) in [5.74, 6) is -0.676. The van der Waals surface area contributed by atoms with E-state index in [-0.39, 0.29) is 30.3 Å². The van der Waals surface area contributed by atoms with Crippen molar-refractivity contribution in [2.45, 2.75) is 19.4 Å². The molecule has 0 saturated carbocycles. The highest BCUT2D eigenvalue weighted by Gasteiger charge is 2.18. The highest BCUT2D eigenvalue weighted by atomic mass is 79.9. The number of ketones is 1. The van der Waals surface area contributed by atoms with Gasteiger partial charge in [-0.15, -0.1) is 0 Å². The van der Waals surface area contributed by atoms with Crippen molar-refractivity contribution in [1.29, 1.82) is 0 Å². The van der Waals surface area contributed by atoms with Crippen molar-refractivity contribution in [3.05, 3.63) is 94.5 Å². The highest BCUT2D eigenvalue weighted by Crippen LogP contribution is 2.20. The van der Waals surface area contributed by atoms with Crippen molar-refractivity contribution in [3.63, 3.8) is 0 Å². The van der Waals surface area contributed by atoms with Gasteiger partial charge in [-0.2, -0.15) is 0 Å². The van der Waals surface area contributed by atoms with E-state index in [4.69, 9.17) is 0 Å². The minimum Gasteiger partial charge on any atom is -0.308 e. The van der Waals surface area contributed by atoms with Gasteiger partial charge in [0.2, 0.25) is 5.91 Å². The van der Waals surface area contributed by atoms with Crippen LogP contribution in [0.15, 0.2) is 77.5 Å². The van der Waals surface area contributed by atoms with Gasteiger partial charge in [0.15, 0.2) is 5.78 Å². The lowest BCUT2D eigenvalue weighted by Crippen LogP contribution is -2.30. The monoisotopic (exact) mass is 440 g/mol. The lowest BCUT2D eigenvalue weighted by molar-refractivity contribution is -0.118. The van der Waals surface area contributed by atoms with Crippen LogP contribution in [0.2, 0.25) is 0 Å². The van der Waals surface area contributed by atoms with Gasteiger partial charge in [0.25, 0.3) is 0 Å². The average Bonchev–Trinajstić information content (AvgIpc) is 2.72. The Bertz CT molecular complexity index is 945. The molecular weight excluding hydrogens is 423 g/mol. The van der Waals surface area contributed by atoms with Gasteiger partial charge in [0.05, 0.1) is 6.54 Å². The number of carbonyl (C=O) groups excluding carboxylic acids is 2. The minimum atomic E-state index is -0.372. The van der Waals surface area contributed by atoms with E-state index in [0.717, 1.165) is 10.0 Å².